The Bertz CT molecular complexity index is 325. The van der Waals surface area contributed by atoms with E-state index in [0.717, 1.165) is 16.6 Å². The molecule has 0 aliphatic heterocycles. The fraction of sp³-hybridized carbons (Fsp3) is 0.500. The molecule has 0 aromatic heterocycles. The summed E-state index contributed by atoms with van der Waals surface area (Å²) in [4.78, 5) is 2.23. The van der Waals surface area contributed by atoms with E-state index in [1.54, 1.807) is 0 Å². The Balaban J connectivity index is 2.79. The van der Waals surface area contributed by atoms with Gasteiger partial charge in [-0.3, -0.25) is 4.90 Å². The summed E-state index contributed by atoms with van der Waals surface area (Å²) in [6.45, 7) is 7.96. The number of benzene rings is 1. The molecule has 0 amide bonds. The Kier molecular flexibility index (Phi) is 4.74. The van der Waals surface area contributed by atoms with Gasteiger partial charge in [-0.25, -0.2) is 4.39 Å². The molecule has 1 aromatic carbocycles. The van der Waals surface area contributed by atoms with E-state index in [1.807, 2.05) is 12.1 Å². The summed E-state index contributed by atoms with van der Waals surface area (Å²) >= 11 is 3.25. The predicted octanol–water partition coefficient (Wildman–Crippen LogP) is 3.82. The highest BCUT2D eigenvalue weighted by Gasteiger charge is 2.10. The highest BCUT2D eigenvalue weighted by Crippen LogP contribution is 2.17. The van der Waals surface area contributed by atoms with Gasteiger partial charge in [-0.15, -0.1) is 0 Å². The van der Waals surface area contributed by atoms with E-state index < -0.39 is 0 Å². The second kappa shape index (κ2) is 5.61. The average molecular weight is 274 g/mol. The predicted molar refractivity (Wildman–Crippen MR) is 65.3 cm³/mol. The van der Waals surface area contributed by atoms with Gasteiger partial charge in [0.2, 0.25) is 0 Å². The first-order valence-corrected chi connectivity index (χ1v) is 6.02. The van der Waals surface area contributed by atoms with E-state index in [9.17, 15) is 4.39 Å². The quantitative estimate of drug-likeness (QED) is 0.806. The zero-order valence-electron chi connectivity index (χ0n) is 9.43. The number of halogens is 2. The maximum Gasteiger partial charge on any atom is 0.128 e. The molecule has 15 heavy (non-hydrogen) atoms. The minimum atomic E-state index is -0.136. The van der Waals surface area contributed by atoms with Crippen LogP contribution in [0.1, 0.15) is 26.3 Å². The first-order valence-electron chi connectivity index (χ1n) is 5.22. The molecule has 0 radical (unpaired) electrons. The van der Waals surface area contributed by atoms with Crippen LogP contribution >= 0.6 is 15.9 Å². The summed E-state index contributed by atoms with van der Waals surface area (Å²) in [5.41, 5.74) is 0.758. The van der Waals surface area contributed by atoms with E-state index in [4.69, 9.17) is 0 Å². The lowest BCUT2D eigenvalue weighted by molar-refractivity contribution is 0.222. The SMILES string of the molecule is CCN(Cc1ccc(Br)cc1F)C(C)C. The van der Waals surface area contributed by atoms with Crippen molar-refractivity contribution in [3.63, 3.8) is 0 Å². The van der Waals surface area contributed by atoms with E-state index in [2.05, 4.69) is 41.6 Å². The lowest BCUT2D eigenvalue weighted by Crippen LogP contribution is -2.30. The van der Waals surface area contributed by atoms with Crippen LogP contribution in [0.4, 0.5) is 4.39 Å². The van der Waals surface area contributed by atoms with Crippen molar-refractivity contribution in [2.75, 3.05) is 6.54 Å². The zero-order chi connectivity index (χ0) is 11.4. The minimum Gasteiger partial charge on any atom is -0.297 e. The Labute approximate surface area is 99.4 Å². The Morgan fingerprint density at radius 2 is 2.07 bits per heavy atom. The van der Waals surface area contributed by atoms with Gasteiger partial charge < -0.3 is 0 Å². The third-order valence-electron chi connectivity index (χ3n) is 2.53. The van der Waals surface area contributed by atoms with Crippen molar-refractivity contribution in [2.24, 2.45) is 0 Å². The molecule has 0 bridgehead atoms. The standard InChI is InChI=1S/C12H17BrFN/c1-4-15(9(2)3)8-10-5-6-11(13)7-12(10)14/h5-7,9H,4,8H2,1-3H3. The first kappa shape index (κ1) is 12.7. The number of nitrogens with zero attached hydrogens (tertiary/aromatic N) is 1. The molecule has 0 aliphatic rings. The van der Waals surface area contributed by atoms with Gasteiger partial charge >= 0.3 is 0 Å². The molecular formula is C12H17BrFN. The molecule has 0 aliphatic carbocycles. The van der Waals surface area contributed by atoms with Crippen molar-refractivity contribution in [3.05, 3.63) is 34.1 Å². The van der Waals surface area contributed by atoms with Gasteiger partial charge in [-0.2, -0.15) is 0 Å². The molecule has 0 spiro atoms. The normalized spacial score (nSPS) is 11.4. The summed E-state index contributed by atoms with van der Waals surface area (Å²) in [6.07, 6.45) is 0. The fourth-order valence-corrected chi connectivity index (χ4v) is 1.86. The van der Waals surface area contributed by atoms with Gasteiger partial charge in [0.25, 0.3) is 0 Å². The van der Waals surface area contributed by atoms with E-state index in [-0.39, 0.29) is 5.82 Å². The van der Waals surface area contributed by atoms with E-state index in [1.165, 1.54) is 6.07 Å². The third kappa shape index (κ3) is 3.58. The highest BCUT2D eigenvalue weighted by atomic mass is 79.9. The molecule has 84 valence electrons. The largest absolute Gasteiger partial charge is 0.297 e. The second-order valence-corrected chi connectivity index (χ2v) is 4.81. The van der Waals surface area contributed by atoms with Crippen LogP contribution in [0, 0.1) is 5.82 Å². The van der Waals surface area contributed by atoms with Crippen LogP contribution in [-0.4, -0.2) is 17.5 Å². The van der Waals surface area contributed by atoms with Gasteiger partial charge in [-0.1, -0.05) is 28.9 Å². The molecular weight excluding hydrogens is 257 g/mol. The Morgan fingerprint density at radius 1 is 1.40 bits per heavy atom. The molecule has 1 rings (SSSR count). The smallest absolute Gasteiger partial charge is 0.128 e. The van der Waals surface area contributed by atoms with E-state index >= 15 is 0 Å². The van der Waals surface area contributed by atoms with Gasteiger partial charge in [0, 0.05) is 22.6 Å². The van der Waals surface area contributed by atoms with Gasteiger partial charge in [0.1, 0.15) is 5.82 Å². The zero-order valence-corrected chi connectivity index (χ0v) is 11.0. The number of hydrogen-bond donors (Lipinski definition) is 0. The molecule has 0 atom stereocenters. The summed E-state index contributed by atoms with van der Waals surface area (Å²) in [5, 5.41) is 0. The summed E-state index contributed by atoms with van der Waals surface area (Å²) < 4.78 is 14.3. The minimum absolute atomic E-state index is 0.136. The van der Waals surface area contributed by atoms with Crippen LogP contribution in [0.5, 0.6) is 0 Å². The lowest BCUT2D eigenvalue weighted by Gasteiger charge is -2.24. The van der Waals surface area contributed by atoms with Crippen LogP contribution in [0.15, 0.2) is 22.7 Å². The molecule has 0 saturated heterocycles. The average Bonchev–Trinajstić information content (AvgIpc) is 2.16. The Hall–Kier alpha value is -0.410. The second-order valence-electron chi connectivity index (χ2n) is 3.89. The van der Waals surface area contributed by atoms with E-state index in [0.29, 0.717) is 12.6 Å². The van der Waals surface area contributed by atoms with Crippen LogP contribution < -0.4 is 0 Å². The van der Waals surface area contributed by atoms with Gasteiger partial charge in [0.05, 0.1) is 0 Å². The highest BCUT2D eigenvalue weighted by molar-refractivity contribution is 9.10. The van der Waals surface area contributed by atoms with Crippen LogP contribution in [0.3, 0.4) is 0 Å². The topological polar surface area (TPSA) is 3.24 Å². The van der Waals surface area contributed by atoms with Gasteiger partial charge in [0.15, 0.2) is 0 Å². The summed E-state index contributed by atoms with van der Waals surface area (Å²) in [5.74, 6) is -0.136. The summed E-state index contributed by atoms with van der Waals surface area (Å²) in [7, 11) is 0. The molecule has 0 fully saturated rings. The number of hydrogen-bond acceptors (Lipinski definition) is 1. The third-order valence-corrected chi connectivity index (χ3v) is 3.02. The molecule has 0 saturated carbocycles. The molecule has 0 heterocycles. The summed E-state index contributed by atoms with van der Waals surface area (Å²) in [6, 6.07) is 5.68. The fourth-order valence-electron chi connectivity index (χ4n) is 1.53. The number of rotatable bonds is 4. The van der Waals surface area contributed by atoms with Crippen LogP contribution in [0.2, 0.25) is 0 Å². The van der Waals surface area contributed by atoms with Crippen molar-refractivity contribution in [1.82, 2.24) is 4.90 Å². The molecule has 0 N–H and O–H groups in total. The van der Waals surface area contributed by atoms with Crippen molar-refractivity contribution in [1.29, 1.82) is 0 Å². The lowest BCUT2D eigenvalue weighted by atomic mass is 10.2. The van der Waals surface area contributed by atoms with Crippen molar-refractivity contribution >= 4 is 15.9 Å². The molecule has 0 unspecified atom stereocenters. The first-order chi connectivity index (χ1) is 7.04. The maximum atomic E-state index is 13.6. The van der Waals surface area contributed by atoms with Gasteiger partial charge in [-0.05, 0) is 32.5 Å². The van der Waals surface area contributed by atoms with Crippen molar-refractivity contribution < 1.29 is 4.39 Å². The Morgan fingerprint density at radius 3 is 2.53 bits per heavy atom. The molecule has 1 nitrogen and oxygen atoms in total. The monoisotopic (exact) mass is 273 g/mol. The maximum absolute atomic E-state index is 13.6. The van der Waals surface area contributed by atoms with Crippen molar-refractivity contribution in [3.8, 4) is 0 Å². The van der Waals surface area contributed by atoms with Crippen LogP contribution in [0.25, 0.3) is 0 Å². The van der Waals surface area contributed by atoms with Crippen molar-refractivity contribution in [2.45, 2.75) is 33.4 Å². The molecule has 3 heteroatoms. The van der Waals surface area contributed by atoms with Crippen LogP contribution in [-0.2, 0) is 6.54 Å². The molecule has 1 aromatic rings.